The van der Waals surface area contributed by atoms with Crippen LogP contribution >= 0.6 is 0 Å². The van der Waals surface area contributed by atoms with E-state index in [-0.39, 0.29) is 18.5 Å². The lowest BCUT2D eigenvalue weighted by atomic mass is 10.1. The highest BCUT2D eigenvalue weighted by atomic mass is 16.5. The Balaban J connectivity index is 1.72. The zero-order valence-corrected chi connectivity index (χ0v) is 15.4. The predicted octanol–water partition coefficient (Wildman–Crippen LogP) is 1.62. The largest absolute Gasteiger partial charge is 0.497 e. The van der Waals surface area contributed by atoms with E-state index in [0.29, 0.717) is 0 Å². The van der Waals surface area contributed by atoms with E-state index < -0.39 is 5.69 Å². The summed E-state index contributed by atoms with van der Waals surface area (Å²) in [6.45, 7) is 3.75. The molecule has 1 amide bonds. The Bertz CT molecular complexity index is 991. The number of methoxy groups -OCH3 is 1. The van der Waals surface area contributed by atoms with Crippen LogP contribution in [0.25, 0.3) is 5.69 Å². The number of nitrogens with one attached hydrogen (secondary N) is 1. The van der Waals surface area contributed by atoms with Gasteiger partial charge in [0.15, 0.2) is 0 Å². The highest BCUT2D eigenvalue weighted by Crippen LogP contribution is 2.21. The maximum absolute atomic E-state index is 12.3. The molecule has 8 nitrogen and oxygen atoms in total. The van der Waals surface area contributed by atoms with Gasteiger partial charge in [-0.05, 0) is 44.2 Å². The van der Waals surface area contributed by atoms with E-state index in [9.17, 15) is 9.59 Å². The second-order valence-electron chi connectivity index (χ2n) is 6.11. The van der Waals surface area contributed by atoms with Gasteiger partial charge in [0.1, 0.15) is 12.3 Å². The van der Waals surface area contributed by atoms with Crippen molar-refractivity contribution in [2.75, 3.05) is 7.11 Å². The van der Waals surface area contributed by atoms with Gasteiger partial charge in [0, 0.05) is 23.7 Å². The van der Waals surface area contributed by atoms with Gasteiger partial charge in [-0.15, -0.1) is 0 Å². The maximum atomic E-state index is 12.3. The van der Waals surface area contributed by atoms with Gasteiger partial charge in [0.05, 0.1) is 25.0 Å². The topological polar surface area (TPSA) is 91.0 Å². The van der Waals surface area contributed by atoms with Gasteiger partial charge in [-0.2, -0.15) is 5.10 Å². The van der Waals surface area contributed by atoms with Crippen molar-refractivity contribution in [3.05, 3.63) is 70.7 Å². The summed E-state index contributed by atoms with van der Waals surface area (Å²) in [5, 5.41) is 7.32. The number of hydrogen-bond acceptors (Lipinski definition) is 5. The first-order chi connectivity index (χ1) is 13.0. The maximum Gasteiger partial charge on any atom is 0.347 e. The molecular weight excluding hydrogens is 346 g/mol. The van der Waals surface area contributed by atoms with Crippen molar-refractivity contribution in [2.45, 2.75) is 26.4 Å². The number of benzene rings is 1. The Morgan fingerprint density at radius 1 is 1.30 bits per heavy atom. The van der Waals surface area contributed by atoms with Gasteiger partial charge >= 0.3 is 5.69 Å². The molecule has 0 radical (unpaired) electrons. The smallest absolute Gasteiger partial charge is 0.347 e. The Labute approximate surface area is 156 Å². The molecule has 2 aromatic heterocycles. The van der Waals surface area contributed by atoms with Crippen molar-refractivity contribution >= 4 is 5.91 Å². The summed E-state index contributed by atoms with van der Waals surface area (Å²) in [7, 11) is 1.62. The number of aromatic nitrogens is 4. The van der Waals surface area contributed by atoms with Crippen molar-refractivity contribution in [1.29, 1.82) is 0 Å². The number of rotatable bonds is 6. The first-order valence-electron chi connectivity index (χ1n) is 8.49. The molecule has 1 aromatic carbocycles. The van der Waals surface area contributed by atoms with Crippen LogP contribution in [-0.4, -0.2) is 32.3 Å². The lowest BCUT2D eigenvalue weighted by Gasteiger charge is -2.14. The van der Waals surface area contributed by atoms with Gasteiger partial charge in [0.2, 0.25) is 5.91 Å². The molecule has 27 heavy (non-hydrogen) atoms. The number of nitrogens with zero attached hydrogens (tertiary/aromatic N) is 4. The van der Waals surface area contributed by atoms with Gasteiger partial charge in [-0.25, -0.2) is 14.5 Å². The van der Waals surface area contributed by atoms with Gasteiger partial charge < -0.3 is 10.1 Å². The molecule has 1 unspecified atom stereocenters. The molecule has 0 fully saturated rings. The highest BCUT2D eigenvalue weighted by Gasteiger charge is 2.17. The van der Waals surface area contributed by atoms with Gasteiger partial charge in [-0.1, -0.05) is 0 Å². The van der Waals surface area contributed by atoms with Gasteiger partial charge in [-0.3, -0.25) is 9.36 Å². The molecular formula is C19H21N5O3. The fourth-order valence-corrected chi connectivity index (χ4v) is 2.86. The molecule has 1 atom stereocenters. The number of hydrogen-bond donors (Lipinski definition) is 1. The predicted molar refractivity (Wildman–Crippen MR) is 99.9 cm³/mol. The monoisotopic (exact) mass is 367 g/mol. The lowest BCUT2D eigenvalue weighted by molar-refractivity contribution is -0.122. The number of amides is 1. The molecule has 0 spiro atoms. The SMILES string of the molecule is COc1ccc(-n2ncc(C(C)NC(=O)Cn3cccnc3=O)c2C)cc1. The minimum absolute atomic E-state index is 0.0807. The van der Waals surface area contributed by atoms with Gasteiger partial charge in [0.25, 0.3) is 0 Å². The minimum Gasteiger partial charge on any atom is -0.497 e. The number of carbonyl (C=O) groups is 1. The quantitative estimate of drug-likeness (QED) is 0.715. The molecule has 8 heteroatoms. The Hall–Kier alpha value is -3.42. The summed E-state index contributed by atoms with van der Waals surface area (Å²) in [4.78, 5) is 27.5. The van der Waals surface area contributed by atoms with E-state index in [0.717, 1.165) is 22.7 Å². The third kappa shape index (κ3) is 4.05. The standard InChI is InChI=1S/C19H21N5O3/c1-13(22-18(25)12-23-10-4-9-20-19(23)26)17-11-21-24(14(17)2)15-5-7-16(27-3)8-6-15/h4-11,13H,12H2,1-3H3,(H,22,25). The van der Waals surface area contributed by atoms with E-state index in [4.69, 9.17) is 4.74 Å². The molecule has 140 valence electrons. The van der Waals surface area contributed by atoms with Crippen molar-refractivity contribution < 1.29 is 9.53 Å². The first kappa shape index (κ1) is 18.4. The zero-order valence-electron chi connectivity index (χ0n) is 15.4. The average molecular weight is 367 g/mol. The molecule has 0 aliphatic heterocycles. The van der Waals surface area contributed by atoms with E-state index in [1.165, 1.54) is 17.0 Å². The molecule has 3 aromatic rings. The number of ether oxygens (including phenoxy) is 1. The first-order valence-corrected chi connectivity index (χ1v) is 8.49. The third-order valence-corrected chi connectivity index (χ3v) is 4.31. The molecule has 0 aliphatic rings. The molecule has 2 heterocycles. The number of carbonyl (C=O) groups excluding carboxylic acids is 1. The van der Waals surface area contributed by atoms with Crippen molar-refractivity contribution in [3.8, 4) is 11.4 Å². The second-order valence-corrected chi connectivity index (χ2v) is 6.11. The Morgan fingerprint density at radius 2 is 2.04 bits per heavy atom. The third-order valence-electron chi connectivity index (χ3n) is 4.31. The summed E-state index contributed by atoms with van der Waals surface area (Å²) < 4.78 is 8.24. The van der Waals surface area contributed by atoms with Crippen LogP contribution in [0.1, 0.15) is 24.2 Å². The zero-order chi connectivity index (χ0) is 19.4. The molecule has 0 bridgehead atoms. The van der Waals surface area contributed by atoms with Crippen LogP contribution in [0.3, 0.4) is 0 Å². The van der Waals surface area contributed by atoms with Crippen molar-refractivity contribution in [2.24, 2.45) is 0 Å². The fourth-order valence-electron chi connectivity index (χ4n) is 2.86. The Kier molecular flexibility index (Phi) is 5.35. The van der Waals surface area contributed by atoms with E-state index >= 15 is 0 Å². The van der Waals surface area contributed by atoms with Crippen molar-refractivity contribution in [3.63, 3.8) is 0 Å². The molecule has 1 N–H and O–H groups in total. The average Bonchev–Trinajstić information content (AvgIpc) is 3.05. The normalized spacial score (nSPS) is 11.8. The molecule has 0 saturated heterocycles. The summed E-state index contributed by atoms with van der Waals surface area (Å²) in [6.07, 6.45) is 4.67. The van der Waals surface area contributed by atoms with E-state index in [2.05, 4.69) is 15.4 Å². The van der Waals surface area contributed by atoms with Crippen LogP contribution in [0.15, 0.2) is 53.7 Å². The molecule has 0 aliphatic carbocycles. The van der Waals surface area contributed by atoms with Crippen LogP contribution in [-0.2, 0) is 11.3 Å². The summed E-state index contributed by atoms with van der Waals surface area (Å²) in [5.74, 6) is 0.504. The van der Waals surface area contributed by atoms with Crippen LogP contribution in [0.4, 0.5) is 0 Å². The second kappa shape index (κ2) is 7.86. The van der Waals surface area contributed by atoms with Crippen LogP contribution in [0.5, 0.6) is 5.75 Å². The molecule has 3 rings (SSSR count). The summed E-state index contributed by atoms with van der Waals surface area (Å²) in [6, 6.07) is 8.93. The summed E-state index contributed by atoms with van der Waals surface area (Å²) in [5.41, 5.74) is 2.27. The van der Waals surface area contributed by atoms with Crippen LogP contribution < -0.4 is 15.7 Å². The van der Waals surface area contributed by atoms with Crippen molar-refractivity contribution in [1.82, 2.24) is 24.6 Å². The van der Waals surface area contributed by atoms with Crippen LogP contribution in [0.2, 0.25) is 0 Å². The van der Waals surface area contributed by atoms with E-state index in [1.807, 2.05) is 42.8 Å². The molecule has 0 saturated carbocycles. The van der Waals surface area contributed by atoms with E-state index in [1.54, 1.807) is 19.4 Å². The van der Waals surface area contributed by atoms with Crippen LogP contribution in [0, 0.1) is 6.92 Å². The minimum atomic E-state index is -0.455. The lowest BCUT2D eigenvalue weighted by Crippen LogP contribution is -2.34. The summed E-state index contributed by atoms with van der Waals surface area (Å²) >= 11 is 0. The highest BCUT2D eigenvalue weighted by molar-refractivity contribution is 5.76. The Morgan fingerprint density at radius 3 is 2.70 bits per heavy atom. The fraction of sp³-hybridized carbons (Fsp3) is 0.263.